The second-order valence-corrected chi connectivity index (χ2v) is 5.66. The molecule has 0 aliphatic heterocycles. The van der Waals surface area contributed by atoms with Crippen molar-refractivity contribution in [3.05, 3.63) is 35.6 Å². The molecule has 2 rings (SSSR count). The quantitative estimate of drug-likeness (QED) is 0.769. The molecule has 1 aromatic carbocycles. The summed E-state index contributed by atoms with van der Waals surface area (Å²) in [5.74, 6) is -0.164. The maximum absolute atomic E-state index is 13.0. The molecule has 0 saturated heterocycles. The molecule has 2 nitrogen and oxygen atoms in total. The number of rotatable bonds is 8. The van der Waals surface area contributed by atoms with Gasteiger partial charge >= 0.3 is 0 Å². The Morgan fingerprint density at radius 1 is 1.25 bits per heavy atom. The molecule has 20 heavy (non-hydrogen) atoms. The molecular formula is C17H26FNO. The number of hydrogen-bond donors (Lipinski definition) is 1. The predicted molar refractivity (Wildman–Crippen MR) is 80.2 cm³/mol. The minimum atomic E-state index is -0.164. The second-order valence-electron chi connectivity index (χ2n) is 5.66. The van der Waals surface area contributed by atoms with Crippen molar-refractivity contribution in [1.82, 2.24) is 5.32 Å². The Morgan fingerprint density at radius 2 is 1.95 bits per heavy atom. The lowest BCUT2D eigenvalue weighted by Crippen LogP contribution is -2.46. The van der Waals surface area contributed by atoms with Gasteiger partial charge in [-0.15, -0.1) is 0 Å². The zero-order valence-corrected chi connectivity index (χ0v) is 12.6. The topological polar surface area (TPSA) is 21.3 Å². The third-order valence-electron chi connectivity index (χ3n) is 4.05. The van der Waals surface area contributed by atoms with E-state index in [-0.39, 0.29) is 5.82 Å². The smallest absolute Gasteiger partial charge is 0.123 e. The van der Waals surface area contributed by atoms with Gasteiger partial charge in [0.1, 0.15) is 5.82 Å². The van der Waals surface area contributed by atoms with Crippen molar-refractivity contribution in [2.45, 2.75) is 64.1 Å². The van der Waals surface area contributed by atoms with Gasteiger partial charge < -0.3 is 10.1 Å². The molecule has 1 saturated carbocycles. The molecule has 1 atom stereocenters. The maximum atomic E-state index is 13.0. The fourth-order valence-corrected chi connectivity index (χ4v) is 2.81. The summed E-state index contributed by atoms with van der Waals surface area (Å²) in [4.78, 5) is 0. The van der Waals surface area contributed by atoms with Crippen molar-refractivity contribution in [1.29, 1.82) is 0 Å². The van der Waals surface area contributed by atoms with Gasteiger partial charge in [0, 0.05) is 18.7 Å². The molecule has 1 aromatic rings. The molecule has 0 heterocycles. The molecule has 1 aliphatic rings. The first kappa shape index (κ1) is 15.5. The van der Waals surface area contributed by atoms with Crippen molar-refractivity contribution in [3.8, 4) is 0 Å². The van der Waals surface area contributed by atoms with Crippen LogP contribution in [0, 0.1) is 5.82 Å². The molecule has 0 aromatic heterocycles. The highest BCUT2D eigenvalue weighted by atomic mass is 19.1. The van der Waals surface area contributed by atoms with E-state index in [2.05, 4.69) is 12.2 Å². The molecule has 112 valence electrons. The number of nitrogens with one attached hydrogen (secondary N) is 1. The van der Waals surface area contributed by atoms with Crippen molar-refractivity contribution in [3.63, 3.8) is 0 Å². The normalized spacial score (nSPS) is 23.4. The highest BCUT2D eigenvalue weighted by Gasteiger charge is 2.31. The zero-order valence-electron chi connectivity index (χ0n) is 12.6. The first-order valence-corrected chi connectivity index (χ1v) is 7.86. The average Bonchev–Trinajstić information content (AvgIpc) is 2.41. The van der Waals surface area contributed by atoms with Gasteiger partial charge in [0.25, 0.3) is 0 Å². The molecule has 0 bridgehead atoms. The Labute approximate surface area is 121 Å². The highest BCUT2D eigenvalue weighted by Crippen LogP contribution is 2.28. The van der Waals surface area contributed by atoms with Crippen LogP contribution in [0.2, 0.25) is 0 Å². The molecule has 3 heteroatoms. The SMILES string of the molecule is CCCCC(NC1CC(OCC)C1)c1ccc(F)cc1. The Kier molecular flexibility index (Phi) is 5.99. The molecule has 0 radical (unpaired) electrons. The van der Waals surface area contributed by atoms with Crippen LogP contribution < -0.4 is 5.32 Å². The minimum Gasteiger partial charge on any atom is -0.378 e. The molecule has 1 N–H and O–H groups in total. The monoisotopic (exact) mass is 279 g/mol. The Morgan fingerprint density at radius 3 is 2.55 bits per heavy atom. The van der Waals surface area contributed by atoms with Crippen molar-refractivity contribution in [2.75, 3.05) is 6.61 Å². The van der Waals surface area contributed by atoms with E-state index >= 15 is 0 Å². The third kappa shape index (κ3) is 4.29. The summed E-state index contributed by atoms with van der Waals surface area (Å²) in [5, 5.41) is 3.71. The second kappa shape index (κ2) is 7.75. The van der Waals surface area contributed by atoms with Crippen molar-refractivity contribution < 1.29 is 9.13 Å². The summed E-state index contributed by atoms with van der Waals surface area (Å²) in [6.07, 6.45) is 6.10. The Balaban J connectivity index is 1.89. The van der Waals surface area contributed by atoms with E-state index < -0.39 is 0 Å². The van der Waals surface area contributed by atoms with Gasteiger partial charge in [-0.05, 0) is 43.9 Å². The van der Waals surface area contributed by atoms with Crippen LogP contribution in [0.3, 0.4) is 0 Å². The van der Waals surface area contributed by atoms with Crippen molar-refractivity contribution in [2.24, 2.45) is 0 Å². The summed E-state index contributed by atoms with van der Waals surface area (Å²) in [7, 11) is 0. The first-order valence-electron chi connectivity index (χ1n) is 7.86. The van der Waals surface area contributed by atoms with E-state index in [9.17, 15) is 4.39 Å². The summed E-state index contributed by atoms with van der Waals surface area (Å²) in [6, 6.07) is 7.80. The van der Waals surface area contributed by atoms with Crippen molar-refractivity contribution >= 4 is 0 Å². The van der Waals surface area contributed by atoms with Crippen LogP contribution in [0.25, 0.3) is 0 Å². The van der Waals surface area contributed by atoms with Crippen LogP contribution >= 0.6 is 0 Å². The number of hydrogen-bond acceptors (Lipinski definition) is 2. The summed E-state index contributed by atoms with van der Waals surface area (Å²) < 4.78 is 18.6. The van der Waals surface area contributed by atoms with Gasteiger partial charge in [-0.3, -0.25) is 0 Å². The summed E-state index contributed by atoms with van der Waals surface area (Å²) in [6.45, 7) is 5.05. The third-order valence-corrected chi connectivity index (χ3v) is 4.05. The van der Waals surface area contributed by atoms with Gasteiger partial charge in [0.15, 0.2) is 0 Å². The Hall–Kier alpha value is -0.930. The molecule has 1 unspecified atom stereocenters. The predicted octanol–water partition coefficient (Wildman–Crippen LogP) is 4.21. The van der Waals surface area contributed by atoms with Crippen LogP contribution in [-0.2, 0) is 4.74 Å². The molecule has 1 aliphatic carbocycles. The van der Waals surface area contributed by atoms with E-state index in [1.165, 1.54) is 18.4 Å². The van der Waals surface area contributed by atoms with E-state index in [1.807, 2.05) is 19.1 Å². The summed E-state index contributed by atoms with van der Waals surface area (Å²) in [5.41, 5.74) is 1.19. The van der Waals surface area contributed by atoms with Gasteiger partial charge in [0.05, 0.1) is 6.10 Å². The van der Waals surface area contributed by atoms with Gasteiger partial charge in [-0.25, -0.2) is 4.39 Å². The standard InChI is InChI=1S/C17H26FNO/c1-3-5-6-17(13-7-9-14(18)10-8-13)19-15-11-16(12-15)20-4-2/h7-10,15-17,19H,3-6,11-12H2,1-2H3. The Bertz CT molecular complexity index is 386. The number of unbranched alkanes of at least 4 members (excludes halogenated alkanes) is 1. The van der Waals surface area contributed by atoms with Gasteiger partial charge in [-0.1, -0.05) is 31.9 Å². The van der Waals surface area contributed by atoms with E-state index in [1.54, 1.807) is 12.1 Å². The van der Waals surface area contributed by atoms with Gasteiger partial charge in [-0.2, -0.15) is 0 Å². The average molecular weight is 279 g/mol. The van der Waals surface area contributed by atoms with Crippen LogP contribution in [0.15, 0.2) is 24.3 Å². The van der Waals surface area contributed by atoms with Crippen LogP contribution in [0.4, 0.5) is 4.39 Å². The minimum absolute atomic E-state index is 0.164. The number of halogens is 1. The number of benzene rings is 1. The first-order chi connectivity index (χ1) is 9.72. The largest absolute Gasteiger partial charge is 0.378 e. The number of ether oxygens (including phenoxy) is 1. The lowest BCUT2D eigenvalue weighted by atomic mass is 9.87. The lowest BCUT2D eigenvalue weighted by molar-refractivity contribution is -0.0127. The van der Waals surface area contributed by atoms with Gasteiger partial charge in [0.2, 0.25) is 0 Å². The fraction of sp³-hybridized carbons (Fsp3) is 0.647. The fourth-order valence-electron chi connectivity index (χ4n) is 2.81. The summed E-state index contributed by atoms with van der Waals surface area (Å²) >= 11 is 0. The molecule has 0 amide bonds. The van der Waals surface area contributed by atoms with E-state index in [4.69, 9.17) is 4.74 Å². The van der Waals surface area contributed by atoms with E-state index in [0.29, 0.717) is 18.2 Å². The van der Waals surface area contributed by atoms with Crippen LogP contribution in [0.5, 0.6) is 0 Å². The lowest BCUT2D eigenvalue weighted by Gasteiger charge is -2.38. The molecular weight excluding hydrogens is 253 g/mol. The van der Waals surface area contributed by atoms with Crippen LogP contribution in [-0.4, -0.2) is 18.8 Å². The molecule has 1 fully saturated rings. The molecule has 0 spiro atoms. The maximum Gasteiger partial charge on any atom is 0.123 e. The van der Waals surface area contributed by atoms with Crippen LogP contribution in [0.1, 0.15) is 57.6 Å². The van der Waals surface area contributed by atoms with E-state index in [0.717, 1.165) is 25.9 Å². The zero-order chi connectivity index (χ0) is 14.4. The highest BCUT2D eigenvalue weighted by molar-refractivity contribution is 5.20.